The summed E-state index contributed by atoms with van der Waals surface area (Å²) in [5, 5.41) is 0. The zero-order valence-corrected chi connectivity index (χ0v) is 14.9. The fourth-order valence-electron chi connectivity index (χ4n) is 3.45. The third-order valence-corrected chi connectivity index (χ3v) is 5.06. The second-order valence-corrected chi connectivity index (χ2v) is 6.87. The van der Waals surface area contributed by atoms with Crippen LogP contribution < -0.4 is 10.9 Å². The fourth-order valence-corrected chi connectivity index (χ4v) is 3.45. The van der Waals surface area contributed by atoms with E-state index in [4.69, 9.17) is 4.74 Å². The van der Waals surface area contributed by atoms with Gasteiger partial charge in [-0.05, 0) is 31.7 Å². The SMILES string of the molecule is CC(c1ccccc1)N1CC(C(=O)NNC(=O)C2CCCCO2)CC1=O. The molecule has 2 saturated heterocycles. The van der Waals surface area contributed by atoms with Gasteiger partial charge in [0.15, 0.2) is 0 Å². The predicted octanol–water partition coefficient (Wildman–Crippen LogP) is 1.31. The summed E-state index contributed by atoms with van der Waals surface area (Å²) in [5.41, 5.74) is 5.90. The van der Waals surface area contributed by atoms with Gasteiger partial charge in [-0.15, -0.1) is 0 Å². The summed E-state index contributed by atoms with van der Waals surface area (Å²) in [4.78, 5) is 38.4. The number of carbonyl (C=O) groups is 3. The van der Waals surface area contributed by atoms with Gasteiger partial charge in [0.05, 0.1) is 12.0 Å². The van der Waals surface area contributed by atoms with E-state index < -0.39 is 12.0 Å². The van der Waals surface area contributed by atoms with Gasteiger partial charge >= 0.3 is 0 Å². The van der Waals surface area contributed by atoms with Gasteiger partial charge < -0.3 is 9.64 Å². The zero-order chi connectivity index (χ0) is 18.5. The molecule has 1 aromatic rings. The molecule has 2 aliphatic rings. The molecular formula is C19H25N3O4. The van der Waals surface area contributed by atoms with Crippen molar-refractivity contribution in [1.29, 1.82) is 0 Å². The topological polar surface area (TPSA) is 87.7 Å². The summed E-state index contributed by atoms with van der Waals surface area (Å²) in [6, 6.07) is 9.63. The maximum atomic E-state index is 12.3. The lowest BCUT2D eigenvalue weighted by atomic mass is 10.1. The summed E-state index contributed by atoms with van der Waals surface area (Å²) in [6.07, 6.45) is 2.19. The molecule has 3 rings (SSSR count). The highest BCUT2D eigenvalue weighted by Crippen LogP contribution is 2.28. The number of likely N-dealkylation sites (tertiary alicyclic amines) is 1. The van der Waals surface area contributed by atoms with Crippen molar-refractivity contribution in [2.45, 2.75) is 44.8 Å². The van der Waals surface area contributed by atoms with Crippen molar-refractivity contribution >= 4 is 17.7 Å². The summed E-state index contributed by atoms with van der Waals surface area (Å²) in [6.45, 7) is 2.86. The Morgan fingerprint density at radius 2 is 1.88 bits per heavy atom. The number of nitrogens with one attached hydrogen (secondary N) is 2. The minimum Gasteiger partial charge on any atom is -0.368 e. The largest absolute Gasteiger partial charge is 0.368 e. The second-order valence-electron chi connectivity index (χ2n) is 6.87. The van der Waals surface area contributed by atoms with Crippen LogP contribution in [0.4, 0.5) is 0 Å². The molecule has 3 unspecified atom stereocenters. The lowest BCUT2D eigenvalue weighted by molar-refractivity contribution is -0.140. The summed E-state index contributed by atoms with van der Waals surface area (Å²) in [5.74, 6) is -1.20. The molecule has 2 aliphatic heterocycles. The number of hydrogen-bond acceptors (Lipinski definition) is 4. The average molecular weight is 359 g/mol. The quantitative estimate of drug-likeness (QED) is 0.794. The van der Waals surface area contributed by atoms with E-state index in [0.29, 0.717) is 19.6 Å². The van der Waals surface area contributed by atoms with Gasteiger partial charge in [0.2, 0.25) is 11.8 Å². The van der Waals surface area contributed by atoms with Crippen LogP contribution in [-0.4, -0.2) is 41.9 Å². The van der Waals surface area contributed by atoms with Gasteiger partial charge in [0, 0.05) is 19.6 Å². The molecule has 2 fully saturated rings. The molecule has 0 radical (unpaired) electrons. The third-order valence-electron chi connectivity index (χ3n) is 5.06. The predicted molar refractivity (Wildman–Crippen MR) is 94.6 cm³/mol. The van der Waals surface area contributed by atoms with Gasteiger partial charge in [-0.3, -0.25) is 25.2 Å². The molecule has 0 aliphatic carbocycles. The van der Waals surface area contributed by atoms with Gasteiger partial charge in [-0.25, -0.2) is 0 Å². The Bertz CT molecular complexity index is 658. The van der Waals surface area contributed by atoms with Crippen molar-refractivity contribution in [2.24, 2.45) is 5.92 Å². The maximum absolute atomic E-state index is 12.3. The fraction of sp³-hybridized carbons (Fsp3) is 0.526. The third kappa shape index (κ3) is 4.22. The van der Waals surface area contributed by atoms with E-state index in [1.165, 1.54) is 0 Å². The van der Waals surface area contributed by atoms with Crippen molar-refractivity contribution in [3.63, 3.8) is 0 Å². The van der Waals surface area contributed by atoms with Crippen LogP contribution in [0.25, 0.3) is 0 Å². The standard InChI is InChI=1S/C19H25N3O4/c1-13(14-7-3-2-4-8-14)22-12-15(11-17(22)23)18(24)20-21-19(25)16-9-5-6-10-26-16/h2-4,7-8,13,15-16H,5-6,9-12H2,1H3,(H,20,24)(H,21,25). The van der Waals surface area contributed by atoms with Crippen LogP contribution in [-0.2, 0) is 19.1 Å². The van der Waals surface area contributed by atoms with E-state index in [9.17, 15) is 14.4 Å². The van der Waals surface area contributed by atoms with Gasteiger partial charge in [-0.2, -0.15) is 0 Å². The number of amides is 3. The molecule has 2 N–H and O–H groups in total. The number of hydrazine groups is 1. The van der Waals surface area contributed by atoms with E-state index in [1.807, 2.05) is 37.3 Å². The zero-order valence-electron chi connectivity index (χ0n) is 14.9. The normalized spacial score (nSPS) is 24.2. The highest BCUT2D eigenvalue weighted by atomic mass is 16.5. The van der Waals surface area contributed by atoms with E-state index in [2.05, 4.69) is 10.9 Å². The molecule has 3 atom stereocenters. The van der Waals surface area contributed by atoms with E-state index in [0.717, 1.165) is 18.4 Å². The maximum Gasteiger partial charge on any atom is 0.267 e. The monoisotopic (exact) mass is 359 g/mol. The van der Waals surface area contributed by atoms with Crippen LogP contribution in [0.5, 0.6) is 0 Å². The average Bonchev–Trinajstić information content (AvgIpc) is 3.08. The van der Waals surface area contributed by atoms with Crippen molar-refractivity contribution in [1.82, 2.24) is 15.8 Å². The molecule has 7 heteroatoms. The van der Waals surface area contributed by atoms with Crippen molar-refractivity contribution in [3.8, 4) is 0 Å². The minimum atomic E-state index is -0.510. The van der Waals surface area contributed by atoms with Gasteiger partial charge in [-0.1, -0.05) is 30.3 Å². The minimum absolute atomic E-state index is 0.0524. The summed E-state index contributed by atoms with van der Waals surface area (Å²) >= 11 is 0. The number of hydrogen-bond donors (Lipinski definition) is 2. The van der Waals surface area contributed by atoms with Crippen LogP contribution in [0.1, 0.15) is 44.2 Å². The van der Waals surface area contributed by atoms with Crippen LogP contribution in [0.15, 0.2) is 30.3 Å². The molecular weight excluding hydrogens is 334 g/mol. The summed E-state index contributed by atoms with van der Waals surface area (Å²) < 4.78 is 5.39. The molecule has 0 aromatic heterocycles. The highest BCUT2D eigenvalue weighted by Gasteiger charge is 2.37. The molecule has 0 bridgehead atoms. The number of benzene rings is 1. The number of carbonyl (C=O) groups excluding carboxylic acids is 3. The highest BCUT2D eigenvalue weighted by molar-refractivity contribution is 5.91. The number of nitrogens with zero attached hydrogens (tertiary/aromatic N) is 1. The number of rotatable bonds is 4. The molecule has 2 heterocycles. The van der Waals surface area contributed by atoms with Gasteiger partial charge in [0.1, 0.15) is 6.10 Å². The molecule has 1 aromatic carbocycles. The Morgan fingerprint density at radius 1 is 1.15 bits per heavy atom. The smallest absolute Gasteiger partial charge is 0.267 e. The first kappa shape index (κ1) is 18.4. The Morgan fingerprint density at radius 3 is 2.58 bits per heavy atom. The van der Waals surface area contributed by atoms with Crippen LogP contribution in [0.2, 0.25) is 0 Å². The van der Waals surface area contributed by atoms with E-state index in [1.54, 1.807) is 4.90 Å². The first-order valence-electron chi connectivity index (χ1n) is 9.12. The summed E-state index contributed by atoms with van der Waals surface area (Å²) in [7, 11) is 0. The van der Waals surface area contributed by atoms with Gasteiger partial charge in [0.25, 0.3) is 5.91 Å². The molecule has 0 spiro atoms. The molecule has 0 saturated carbocycles. The first-order valence-corrected chi connectivity index (χ1v) is 9.12. The van der Waals surface area contributed by atoms with E-state index in [-0.39, 0.29) is 30.2 Å². The number of ether oxygens (including phenoxy) is 1. The Balaban J connectivity index is 1.51. The van der Waals surface area contributed by atoms with Crippen molar-refractivity contribution in [3.05, 3.63) is 35.9 Å². The second kappa shape index (κ2) is 8.31. The van der Waals surface area contributed by atoms with Crippen LogP contribution >= 0.6 is 0 Å². The Labute approximate surface area is 153 Å². The molecule has 7 nitrogen and oxygen atoms in total. The first-order chi connectivity index (χ1) is 12.6. The lowest BCUT2D eigenvalue weighted by Gasteiger charge is -2.25. The molecule has 140 valence electrons. The van der Waals surface area contributed by atoms with Crippen LogP contribution in [0, 0.1) is 5.92 Å². The van der Waals surface area contributed by atoms with Crippen molar-refractivity contribution < 1.29 is 19.1 Å². The van der Waals surface area contributed by atoms with Crippen molar-refractivity contribution in [2.75, 3.05) is 13.2 Å². The Hall–Kier alpha value is -2.41. The Kier molecular flexibility index (Phi) is 5.88. The molecule has 26 heavy (non-hydrogen) atoms. The van der Waals surface area contributed by atoms with E-state index >= 15 is 0 Å². The van der Waals surface area contributed by atoms with Crippen LogP contribution in [0.3, 0.4) is 0 Å². The lowest BCUT2D eigenvalue weighted by Crippen LogP contribution is -2.49. The molecule has 3 amide bonds.